The lowest BCUT2D eigenvalue weighted by atomic mass is 9.81. The van der Waals surface area contributed by atoms with E-state index < -0.39 is 0 Å². The van der Waals surface area contributed by atoms with Crippen molar-refractivity contribution in [2.45, 2.75) is 52.4 Å². The van der Waals surface area contributed by atoms with Crippen molar-refractivity contribution in [3.63, 3.8) is 0 Å². The number of imidazole rings is 1. The zero-order valence-electron chi connectivity index (χ0n) is 18.9. The molecule has 0 saturated heterocycles. The molecule has 0 spiro atoms. The standard InChI is InChI=1S/C27H30N2/c1-26(2,3)18-11-16-9-10-17-12-19(27(4,5)6)14-21-23(17)22(16)20(13-18)24-25(21)29(8)15-28(24)7/h9-14H,1-8H3. The van der Waals surface area contributed by atoms with Gasteiger partial charge in [0.1, 0.15) is 0 Å². The monoisotopic (exact) mass is 382 g/mol. The fourth-order valence-corrected chi connectivity index (χ4v) is 4.83. The van der Waals surface area contributed by atoms with Gasteiger partial charge in [-0.1, -0.05) is 77.9 Å². The van der Waals surface area contributed by atoms with Gasteiger partial charge in [-0.25, -0.2) is 0 Å². The zero-order valence-corrected chi connectivity index (χ0v) is 18.9. The number of hydrogen-bond acceptors (Lipinski definition) is 0. The molecular weight excluding hydrogens is 352 g/mol. The molecule has 0 unspecified atom stereocenters. The summed E-state index contributed by atoms with van der Waals surface area (Å²) in [4.78, 5) is 0. The summed E-state index contributed by atoms with van der Waals surface area (Å²) in [5.74, 6) is 0. The Morgan fingerprint density at radius 2 is 1.24 bits per heavy atom. The van der Waals surface area contributed by atoms with E-state index in [1.54, 1.807) is 0 Å². The molecule has 0 aliphatic carbocycles. The Morgan fingerprint density at radius 3 is 1.76 bits per heavy atom. The van der Waals surface area contributed by atoms with Crippen molar-refractivity contribution in [2.75, 3.05) is 0 Å². The van der Waals surface area contributed by atoms with Gasteiger partial charge in [-0.05, 0) is 54.3 Å². The third kappa shape index (κ3) is 2.51. The topological polar surface area (TPSA) is 8.81 Å². The van der Waals surface area contributed by atoms with E-state index in [-0.39, 0.29) is 10.8 Å². The minimum absolute atomic E-state index is 0.104. The van der Waals surface area contributed by atoms with Gasteiger partial charge in [0, 0.05) is 11.0 Å². The van der Waals surface area contributed by atoms with Gasteiger partial charge < -0.3 is 9.13 Å². The highest BCUT2D eigenvalue weighted by atomic mass is 15.1. The molecule has 0 bridgehead atoms. The van der Waals surface area contributed by atoms with Crippen molar-refractivity contribution in [2.24, 2.45) is 14.1 Å². The molecule has 1 aromatic heterocycles. The lowest BCUT2D eigenvalue weighted by Gasteiger charge is -2.25. The second-order valence-electron chi connectivity index (χ2n) is 10.7. The summed E-state index contributed by atoms with van der Waals surface area (Å²) in [6.07, 6.45) is 3.49. The second kappa shape index (κ2) is 5.50. The molecular formula is C27H30N2. The molecule has 0 fully saturated rings. The molecule has 148 valence electrons. The van der Waals surface area contributed by atoms with Gasteiger partial charge in [-0.3, -0.25) is 0 Å². The maximum atomic E-state index is 3.49. The number of nitrogens with zero attached hydrogens (tertiary/aromatic N) is 2. The molecule has 29 heavy (non-hydrogen) atoms. The number of aromatic nitrogens is 2. The fraction of sp³-hybridized carbons (Fsp3) is 0.370. The van der Waals surface area contributed by atoms with Crippen LogP contribution in [0.25, 0.3) is 43.4 Å². The molecule has 0 aliphatic heterocycles. The van der Waals surface area contributed by atoms with E-state index in [9.17, 15) is 0 Å². The van der Waals surface area contributed by atoms with Gasteiger partial charge in [0.05, 0.1) is 14.1 Å². The minimum atomic E-state index is 0.104. The van der Waals surface area contributed by atoms with Crippen LogP contribution in [-0.4, -0.2) is 4.57 Å². The van der Waals surface area contributed by atoms with Crippen molar-refractivity contribution in [3.05, 3.63) is 53.9 Å². The van der Waals surface area contributed by atoms with E-state index in [0.717, 1.165) is 0 Å². The van der Waals surface area contributed by atoms with E-state index >= 15 is 0 Å². The van der Waals surface area contributed by atoms with E-state index in [1.165, 1.54) is 54.5 Å². The molecule has 0 amide bonds. The van der Waals surface area contributed by atoms with Crippen LogP contribution in [0.3, 0.4) is 0 Å². The second-order valence-corrected chi connectivity index (χ2v) is 10.7. The molecule has 0 radical (unpaired) electrons. The maximum absolute atomic E-state index is 3.49. The van der Waals surface area contributed by atoms with Gasteiger partial charge in [-0.15, -0.1) is 0 Å². The number of hydrogen-bond donors (Lipinski definition) is 0. The molecule has 0 saturated carbocycles. The van der Waals surface area contributed by atoms with Crippen LogP contribution in [0.1, 0.15) is 52.7 Å². The highest BCUT2D eigenvalue weighted by Gasteiger charge is 2.22. The predicted molar refractivity (Wildman–Crippen MR) is 124 cm³/mol. The van der Waals surface area contributed by atoms with Crippen molar-refractivity contribution in [1.82, 2.24) is 4.57 Å². The van der Waals surface area contributed by atoms with Crippen molar-refractivity contribution in [1.29, 1.82) is 0 Å². The molecule has 0 N–H and O–H groups in total. The van der Waals surface area contributed by atoms with Gasteiger partial charge in [0.25, 0.3) is 0 Å². The number of benzene rings is 4. The van der Waals surface area contributed by atoms with E-state index in [0.29, 0.717) is 0 Å². The Kier molecular flexibility index (Phi) is 3.50. The van der Waals surface area contributed by atoms with Crippen LogP contribution in [0, 0.1) is 6.33 Å². The molecule has 0 aliphatic rings. The molecule has 5 rings (SSSR count). The summed E-state index contributed by atoms with van der Waals surface area (Å²) in [6.45, 7) is 13.8. The van der Waals surface area contributed by atoms with Gasteiger partial charge in [0.15, 0.2) is 0 Å². The first-order valence-electron chi connectivity index (χ1n) is 10.5. The summed E-state index contributed by atoms with van der Waals surface area (Å²) >= 11 is 0. The summed E-state index contributed by atoms with van der Waals surface area (Å²) < 4.78 is 4.34. The Hall–Kier alpha value is -2.61. The molecule has 5 aromatic rings. The molecule has 0 atom stereocenters. The van der Waals surface area contributed by atoms with Crippen LogP contribution in [0.15, 0.2) is 36.4 Å². The fourth-order valence-electron chi connectivity index (χ4n) is 4.83. The zero-order chi connectivity index (χ0) is 20.9. The lowest BCUT2D eigenvalue weighted by molar-refractivity contribution is -0.649. The molecule has 2 nitrogen and oxygen atoms in total. The highest BCUT2D eigenvalue weighted by molar-refractivity contribution is 6.32. The van der Waals surface area contributed by atoms with Crippen molar-refractivity contribution >= 4 is 43.4 Å². The first kappa shape index (κ1) is 18.4. The first-order chi connectivity index (χ1) is 13.5. The Balaban J connectivity index is 2.13. The van der Waals surface area contributed by atoms with Gasteiger partial charge >= 0.3 is 0 Å². The van der Waals surface area contributed by atoms with E-state index in [2.05, 4.69) is 107 Å². The Morgan fingerprint density at radius 1 is 0.759 bits per heavy atom. The summed E-state index contributed by atoms with van der Waals surface area (Å²) in [5, 5.41) is 8.10. The van der Waals surface area contributed by atoms with Gasteiger partial charge in [0.2, 0.25) is 6.33 Å². The van der Waals surface area contributed by atoms with Gasteiger partial charge in [-0.2, -0.15) is 0 Å². The van der Waals surface area contributed by atoms with E-state index in [4.69, 9.17) is 0 Å². The molecule has 1 heterocycles. The smallest absolute Gasteiger partial charge is 0.204 e. The third-order valence-electron chi connectivity index (χ3n) is 6.47. The van der Waals surface area contributed by atoms with Crippen LogP contribution >= 0.6 is 0 Å². The molecule has 2 heteroatoms. The van der Waals surface area contributed by atoms with Crippen LogP contribution in [0.2, 0.25) is 0 Å². The van der Waals surface area contributed by atoms with Crippen molar-refractivity contribution in [3.8, 4) is 0 Å². The largest absolute Gasteiger partial charge is 0.346 e. The highest BCUT2D eigenvalue weighted by Crippen LogP contribution is 2.43. The quantitative estimate of drug-likeness (QED) is 0.169. The summed E-state index contributed by atoms with van der Waals surface area (Å²) in [5.41, 5.74) is 5.51. The Labute approximate surface area is 173 Å². The SMILES string of the molecule is Cn1[c-][n+](C)c2c3cc(C(C)(C)C)cc4ccc5cc(C(C)(C)C)cc(c5c43)c21. The van der Waals surface area contributed by atoms with Crippen LogP contribution in [-0.2, 0) is 24.9 Å². The normalized spacial score (nSPS) is 13.5. The van der Waals surface area contributed by atoms with E-state index in [1.807, 2.05) is 0 Å². The molecule has 4 aromatic carbocycles. The third-order valence-corrected chi connectivity index (χ3v) is 6.47. The first-order valence-corrected chi connectivity index (χ1v) is 10.5. The summed E-state index contributed by atoms with van der Waals surface area (Å²) in [6, 6.07) is 14.2. The average molecular weight is 383 g/mol. The van der Waals surface area contributed by atoms with Crippen molar-refractivity contribution < 1.29 is 4.57 Å². The number of rotatable bonds is 0. The number of fused-ring (bicyclic) bond motifs is 3. The number of aryl methyl sites for hydroxylation is 2. The Bertz CT molecular complexity index is 1310. The summed E-state index contributed by atoms with van der Waals surface area (Å²) in [7, 11) is 4.24. The lowest BCUT2D eigenvalue weighted by Crippen LogP contribution is -2.26. The predicted octanol–water partition coefficient (Wildman–Crippen LogP) is 6.30. The average Bonchev–Trinajstić information content (AvgIpc) is 2.92. The minimum Gasteiger partial charge on any atom is -0.346 e. The van der Waals surface area contributed by atoms with Crippen LogP contribution < -0.4 is 4.57 Å². The van der Waals surface area contributed by atoms with Crippen LogP contribution in [0.5, 0.6) is 0 Å². The maximum Gasteiger partial charge on any atom is 0.204 e. The van der Waals surface area contributed by atoms with Crippen LogP contribution in [0.4, 0.5) is 0 Å².